The minimum Gasteiger partial charge on any atom is -0.494 e. The molecule has 0 aliphatic carbocycles. The van der Waals surface area contributed by atoms with E-state index < -0.39 is 6.04 Å². The lowest BCUT2D eigenvalue weighted by molar-refractivity contribution is -0.118. The molecule has 0 saturated carbocycles. The van der Waals surface area contributed by atoms with Crippen LogP contribution in [0.3, 0.4) is 0 Å². The zero-order valence-corrected chi connectivity index (χ0v) is 15.6. The summed E-state index contributed by atoms with van der Waals surface area (Å²) in [6.45, 7) is 8.10. The first-order valence-corrected chi connectivity index (χ1v) is 9.05. The number of amides is 2. The summed E-state index contributed by atoms with van der Waals surface area (Å²) in [5, 5.41) is 7.95. The molecule has 0 bridgehead atoms. The summed E-state index contributed by atoms with van der Waals surface area (Å²) in [4.78, 5) is 29.2. The number of thiazole rings is 1. The molecule has 1 heterocycles. The third-order valence-electron chi connectivity index (χ3n) is 3.51. The van der Waals surface area contributed by atoms with Crippen molar-refractivity contribution in [2.45, 2.75) is 33.7 Å². The SMILES string of the molecule is CCOc1ccc(C(=O)NC(C(=O)Nc2nc(C)cs2)C(C)C)cc1. The molecular weight excluding hydrogens is 338 g/mol. The van der Waals surface area contributed by atoms with E-state index in [4.69, 9.17) is 4.74 Å². The quantitative estimate of drug-likeness (QED) is 0.793. The van der Waals surface area contributed by atoms with Gasteiger partial charge < -0.3 is 15.4 Å². The van der Waals surface area contributed by atoms with Crippen LogP contribution >= 0.6 is 11.3 Å². The van der Waals surface area contributed by atoms with E-state index in [1.54, 1.807) is 24.3 Å². The van der Waals surface area contributed by atoms with E-state index in [0.29, 0.717) is 23.1 Å². The summed E-state index contributed by atoms with van der Waals surface area (Å²) >= 11 is 1.36. The van der Waals surface area contributed by atoms with Gasteiger partial charge in [0.25, 0.3) is 5.91 Å². The topological polar surface area (TPSA) is 80.3 Å². The Balaban J connectivity index is 2.04. The number of nitrogens with zero attached hydrogens (tertiary/aromatic N) is 1. The number of hydrogen-bond donors (Lipinski definition) is 2. The van der Waals surface area contributed by atoms with Crippen LogP contribution in [0.15, 0.2) is 29.6 Å². The van der Waals surface area contributed by atoms with Crippen molar-refractivity contribution in [2.24, 2.45) is 5.92 Å². The van der Waals surface area contributed by atoms with Crippen molar-refractivity contribution in [1.82, 2.24) is 10.3 Å². The van der Waals surface area contributed by atoms with Crippen LogP contribution in [-0.2, 0) is 4.79 Å². The molecule has 7 heteroatoms. The standard InChI is InChI=1S/C18H23N3O3S/c1-5-24-14-8-6-13(7-9-14)16(22)20-15(11(2)3)17(23)21-18-19-12(4)10-25-18/h6-11,15H,5H2,1-4H3,(H,20,22)(H,19,21,23). The van der Waals surface area contributed by atoms with Gasteiger partial charge in [-0.3, -0.25) is 9.59 Å². The van der Waals surface area contributed by atoms with Gasteiger partial charge in [0.05, 0.1) is 12.3 Å². The molecule has 0 aliphatic rings. The highest BCUT2D eigenvalue weighted by Gasteiger charge is 2.25. The lowest BCUT2D eigenvalue weighted by Gasteiger charge is -2.21. The van der Waals surface area contributed by atoms with Crippen LogP contribution < -0.4 is 15.4 Å². The highest BCUT2D eigenvalue weighted by Crippen LogP contribution is 2.16. The molecule has 6 nitrogen and oxygen atoms in total. The Morgan fingerprint density at radius 3 is 2.44 bits per heavy atom. The third kappa shape index (κ3) is 5.29. The first kappa shape index (κ1) is 18.9. The van der Waals surface area contributed by atoms with Gasteiger partial charge in [-0.05, 0) is 44.0 Å². The van der Waals surface area contributed by atoms with Gasteiger partial charge >= 0.3 is 0 Å². The van der Waals surface area contributed by atoms with Crippen molar-refractivity contribution in [3.8, 4) is 5.75 Å². The second-order valence-electron chi connectivity index (χ2n) is 5.94. The van der Waals surface area contributed by atoms with Crippen LogP contribution in [0, 0.1) is 12.8 Å². The molecule has 1 atom stereocenters. The van der Waals surface area contributed by atoms with Crippen molar-refractivity contribution < 1.29 is 14.3 Å². The molecule has 0 radical (unpaired) electrons. The second kappa shape index (κ2) is 8.62. The first-order valence-electron chi connectivity index (χ1n) is 8.17. The lowest BCUT2D eigenvalue weighted by atomic mass is 10.0. The highest BCUT2D eigenvalue weighted by atomic mass is 32.1. The predicted molar refractivity (Wildman–Crippen MR) is 99.2 cm³/mol. The van der Waals surface area contributed by atoms with E-state index in [0.717, 1.165) is 5.69 Å². The molecular formula is C18H23N3O3S. The molecule has 0 saturated heterocycles. The van der Waals surface area contributed by atoms with Gasteiger partial charge in [-0.2, -0.15) is 0 Å². The molecule has 0 spiro atoms. The Kier molecular flexibility index (Phi) is 6.52. The average molecular weight is 361 g/mol. The van der Waals surface area contributed by atoms with E-state index in [-0.39, 0.29) is 17.7 Å². The summed E-state index contributed by atoms with van der Waals surface area (Å²) in [5.74, 6) is 0.0694. The third-order valence-corrected chi connectivity index (χ3v) is 4.39. The van der Waals surface area contributed by atoms with E-state index in [1.807, 2.05) is 33.1 Å². The Labute approximate surface area is 151 Å². The number of hydrogen-bond acceptors (Lipinski definition) is 5. The number of carbonyl (C=O) groups excluding carboxylic acids is 2. The number of nitrogens with one attached hydrogen (secondary N) is 2. The molecule has 25 heavy (non-hydrogen) atoms. The van der Waals surface area contributed by atoms with Gasteiger partial charge in [0.1, 0.15) is 11.8 Å². The molecule has 134 valence electrons. The lowest BCUT2D eigenvalue weighted by Crippen LogP contribution is -2.47. The maximum absolute atomic E-state index is 12.5. The van der Waals surface area contributed by atoms with Crippen LogP contribution in [0.2, 0.25) is 0 Å². The van der Waals surface area contributed by atoms with Crippen molar-refractivity contribution >= 4 is 28.3 Å². The molecule has 0 aliphatic heterocycles. The van der Waals surface area contributed by atoms with Crippen LogP contribution in [0.4, 0.5) is 5.13 Å². The van der Waals surface area contributed by atoms with Crippen LogP contribution in [-0.4, -0.2) is 29.4 Å². The Morgan fingerprint density at radius 2 is 1.92 bits per heavy atom. The minimum atomic E-state index is -0.650. The van der Waals surface area contributed by atoms with Gasteiger partial charge in [0.2, 0.25) is 5.91 Å². The Bertz CT molecular complexity index is 725. The fourth-order valence-electron chi connectivity index (χ4n) is 2.22. The number of rotatable bonds is 7. The van der Waals surface area contributed by atoms with Gasteiger partial charge in [-0.1, -0.05) is 13.8 Å². The van der Waals surface area contributed by atoms with E-state index in [1.165, 1.54) is 11.3 Å². The zero-order chi connectivity index (χ0) is 18.4. The van der Waals surface area contributed by atoms with Crippen molar-refractivity contribution in [2.75, 3.05) is 11.9 Å². The summed E-state index contributed by atoms with van der Waals surface area (Å²) in [6.07, 6.45) is 0. The van der Waals surface area contributed by atoms with Crippen molar-refractivity contribution in [1.29, 1.82) is 0 Å². The molecule has 1 aromatic heterocycles. The maximum Gasteiger partial charge on any atom is 0.251 e. The normalized spacial score (nSPS) is 11.9. The molecule has 2 amide bonds. The molecule has 0 fully saturated rings. The van der Waals surface area contributed by atoms with Crippen LogP contribution in [0.1, 0.15) is 36.8 Å². The predicted octanol–water partition coefficient (Wildman–Crippen LogP) is 3.24. The summed E-state index contributed by atoms with van der Waals surface area (Å²) in [6, 6.07) is 6.19. The monoisotopic (exact) mass is 361 g/mol. The smallest absolute Gasteiger partial charge is 0.251 e. The Morgan fingerprint density at radius 1 is 1.24 bits per heavy atom. The van der Waals surface area contributed by atoms with E-state index >= 15 is 0 Å². The first-order chi connectivity index (χ1) is 11.9. The Hall–Kier alpha value is -2.41. The fourth-order valence-corrected chi connectivity index (χ4v) is 2.91. The summed E-state index contributed by atoms with van der Waals surface area (Å²) < 4.78 is 5.36. The maximum atomic E-state index is 12.5. The number of ether oxygens (including phenoxy) is 1. The van der Waals surface area contributed by atoms with Crippen LogP contribution in [0.25, 0.3) is 0 Å². The molecule has 2 rings (SSSR count). The van der Waals surface area contributed by atoms with E-state index in [2.05, 4.69) is 15.6 Å². The number of benzene rings is 1. The second-order valence-corrected chi connectivity index (χ2v) is 6.79. The van der Waals surface area contributed by atoms with Gasteiger partial charge in [-0.25, -0.2) is 4.98 Å². The minimum absolute atomic E-state index is 0.0623. The summed E-state index contributed by atoms with van der Waals surface area (Å²) in [7, 11) is 0. The summed E-state index contributed by atoms with van der Waals surface area (Å²) in [5.41, 5.74) is 1.33. The fraction of sp³-hybridized carbons (Fsp3) is 0.389. The van der Waals surface area contributed by atoms with E-state index in [9.17, 15) is 9.59 Å². The average Bonchev–Trinajstić information content (AvgIpc) is 2.97. The van der Waals surface area contributed by atoms with Crippen molar-refractivity contribution in [3.05, 3.63) is 40.9 Å². The molecule has 2 aromatic rings. The molecule has 1 unspecified atom stereocenters. The van der Waals surface area contributed by atoms with Crippen molar-refractivity contribution in [3.63, 3.8) is 0 Å². The number of anilines is 1. The number of carbonyl (C=O) groups is 2. The number of aromatic nitrogens is 1. The van der Waals surface area contributed by atoms with Crippen LogP contribution in [0.5, 0.6) is 5.75 Å². The number of aryl methyl sites for hydroxylation is 1. The molecule has 1 aromatic carbocycles. The largest absolute Gasteiger partial charge is 0.494 e. The van der Waals surface area contributed by atoms with Gasteiger partial charge in [-0.15, -0.1) is 11.3 Å². The molecule has 2 N–H and O–H groups in total. The zero-order valence-electron chi connectivity index (χ0n) is 14.8. The van der Waals surface area contributed by atoms with Gasteiger partial charge in [0.15, 0.2) is 5.13 Å². The highest BCUT2D eigenvalue weighted by molar-refractivity contribution is 7.13. The van der Waals surface area contributed by atoms with Gasteiger partial charge in [0, 0.05) is 10.9 Å².